The Bertz CT molecular complexity index is 443. The number of allylic oxidation sites excluding steroid dienone is 3. The molecule has 1 aromatic heterocycles. The number of hydrogen-bond donors (Lipinski definition) is 3. The van der Waals surface area contributed by atoms with Crippen molar-refractivity contribution in [1.82, 2.24) is 15.0 Å². The van der Waals surface area contributed by atoms with Crippen LogP contribution in [0.4, 0.5) is 17.8 Å². The van der Waals surface area contributed by atoms with Crippen LogP contribution in [0.3, 0.4) is 0 Å². The molecule has 6 nitrogen and oxygen atoms in total. The van der Waals surface area contributed by atoms with Crippen LogP contribution in [-0.4, -0.2) is 35.6 Å². The highest BCUT2D eigenvalue weighted by atomic mass is 15.3. The standard InChI is InChI=1S/C12H18N6/c1-13-10-16-11(14-2)18-12(17-10)15-8-7-9-5-3-4-6-9/h3,5-6H,4,7-8H2,1-2H3,(H3,13,14,15,16,17,18). The average molecular weight is 246 g/mol. The second-order valence-corrected chi connectivity index (χ2v) is 3.90. The van der Waals surface area contributed by atoms with Gasteiger partial charge in [0.05, 0.1) is 0 Å². The predicted molar refractivity (Wildman–Crippen MR) is 73.9 cm³/mol. The maximum atomic E-state index is 4.24. The van der Waals surface area contributed by atoms with Crippen LogP contribution >= 0.6 is 0 Å². The highest BCUT2D eigenvalue weighted by Gasteiger charge is 2.04. The summed E-state index contributed by atoms with van der Waals surface area (Å²) in [5.74, 6) is 1.69. The summed E-state index contributed by atoms with van der Waals surface area (Å²) in [6.45, 7) is 0.812. The lowest BCUT2D eigenvalue weighted by Crippen LogP contribution is -2.10. The van der Waals surface area contributed by atoms with E-state index in [1.807, 2.05) is 0 Å². The monoisotopic (exact) mass is 246 g/mol. The van der Waals surface area contributed by atoms with Crippen molar-refractivity contribution in [3.8, 4) is 0 Å². The van der Waals surface area contributed by atoms with Crippen molar-refractivity contribution in [3.05, 3.63) is 23.8 Å². The van der Waals surface area contributed by atoms with Gasteiger partial charge in [-0.1, -0.05) is 23.8 Å². The first-order valence-electron chi connectivity index (χ1n) is 6.03. The smallest absolute Gasteiger partial charge is 0.229 e. The number of anilines is 3. The predicted octanol–water partition coefficient (Wildman–Crippen LogP) is 1.64. The molecule has 0 radical (unpaired) electrons. The Hall–Kier alpha value is -2.11. The summed E-state index contributed by atoms with van der Waals surface area (Å²) in [5, 5.41) is 9.02. The van der Waals surface area contributed by atoms with Crippen molar-refractivity contribution >= 4 is 17.8 Å². The molecular formula is C12H18N6. The molecule has 0 saturated heterocycles. The van der Waals surface area contributed by atoms with Crippen LogP contribution in [0.1, 0.15) is 12.8 Å². The summed E-state index contributed by atoms with van der Waals surface area (Å²) in [4.78, 5) is 12.6. The highest BCUT2D eigenvalue weighted by molar-refractivity contribution is 5.41. The van der Waals surface area contributed by atoms with Crippen LogP contribution in [-0.2, 0) is 0 Å². The van der Waals surface area contributed by atoms with E-state index in [4.69, 9.17) is 0 Å². The summed E-state index contributed by atoms with van der Waals surface area (Å²) in [6.07, 6.45) is 8.58. The van der Waals surface area contributed by atoms with E-state index < -0.39 is 0 Å². The van der Waals surface area contributed by atoms with Crippen LogP contribution in [0.25, 0.3) is 0 Å². The molecule has 0 spiro atoms. The van der Waals surface area contributed by atoms with Crippen molar-refractivity contribution in [2.75, 3.05) is 36.6 Å². The molecule has 1 aliphatic rings. The van der Waals surface area contributed by atoms with Gasteiger partial charge in [0, 0.05) is 20.6 Å². The van der Waals surface area contributed by atoms with E-state index >= 15 is 0 Å². The lowest BCUT2D eigenvalue weighted by Gasteiger charge is -2.08. The third-order valence-corrected chi connectivity index (χ3v) is 2.63. The van der Waals surface area contributed by atoms with Crippen LogP contribution in [0, 0.1) is 0 Å². The Morgan fingerprint density at radius 1 is 1.06 bits per heavy atom. The molecule has 2 rings (SSSR count). The lowest BCUT2D eigenvalue weighted by molar-refractivity contribution is 0.968. The molecule has 0 bridgehead atoms. The Labute approximate surface area is 107 Å². The molecule has 0 unspecified atom stereocenters. The van der Waals surface area contributed by atoms with Crippen molar-refractivity contribution in [1.29, 1.82) is 0 Å². The number of nitrogens with zero attached hydrogens (tertiary/aromatic N) is 3. The lowest BCUT2D eigenvalue weighted by atomic mass is 10.2. The largest absolute Gasteiger partial charge is 0.357 e. The minimum absolute atomic E-state index is 0.553. The molecule has 1 aliphatic carbocycles. The normalized spacial score (nSPS) is 13.3. The Balaban J connectivity index is 1.93. The molecule has 3 N–H and O–H groups in total. The van der Waals surface area contributed by atoms with Gasteiger partial charge in [0.25, 0.3) is 0 Å². The van der Waals surface area contributed by atoms with Gasteiger partial charge in [-0.25, -0.2) is 0 Å². The first-order chi connectivity index (χ1) is 8.81. The number of aromatic nitrogens is 3. The van der Waals surface area contributed by atoms with Crippen LogP contribution in [0.5, 0.6) is 0 Å². The first-order valence-corrected chi connectivity index (χ1v) is 6.03. The fourth-order valence-corrected chi connectivity index (χ4v) is 1.69. The van der Waals surface area contributed by atoms with Crippen LogP contribution in [0.2, 0.25) is 0 Å². The molecule has 0 amide bonds. The summed E-state index contributed by atoms with van der Waals surface area (Å²) in [6, 6.07) is 0. The van der Waals surface area contributed by atoms with E-state index in [0.29, 0.717) is 17.8 Å². The molecule has 18 heavy (non-hydrogen) atoms. The second-order valence-electron chi connectivity index (χ2n) is 3.90. The van der Waals surface area contributed by atoms with Gasteiger partial charge in [0.1, 0.15) is 0 Å². The minimum atomic E-state index is 0.553. The molecule has 0 atom stereocenters. The minimum Gasteiger partial charge on any atom is -0.357 e. The zero-order valence-electron chi connectivity index (χ0n) is 10.7. The average Bonchev–Trinajstić information content (AvgIpc) is 2.91. The van der Waals surface area contributed by atoms with Gasteiger partial charge in [-0.05, 0) is 12.8 Å². The number of hydrogen-bond acceptors (Lipinski definition) is 6. The molecule has 0 saturated carbocycles. The molecule has 0 fully saturated rings. The third-order valence-electron chi connectivity index (χ3n) is 2.63. The van der Waals surface area contributed by atoms with Gasteiger partial charge in [-0.3, -0.25) is 0 Å². The van der Waals surface area contributed by atoms with E-state index in [0.717, 1.165) is 19.4 Å². The van der Waals surface area contributed by atoms with E-state index in [1.165, 1.54) is 5.57 Å². The molecule has 1 aromatic rings. The van der Waals surface area contributed by atoms with Crippen molar-refractivity contribution in [2.24, 2.45) is 0 Å². The fourth-order valence-electron chi connectivity index (χ4n) is 1.69. The highest BCUT2D eigenvalue weighted by Crippen LogP contribution is 2.13. The van der Waals surface area contributed by atoms with Crippen LogP contribution < -0.4 is 16.0 Å². The number of nitrogens with one attached hydrogen (secondary N) is 3. The first kappa shape index (κ1) is 12.3. The summed E-state index contributed by atoms with van der Waals surface area (Å²) < 4.78 is 0. The summed E-state index contributed by atoms with van der Waals surface area (Å²) in [5.41, 5.74) is 1.36. The van der Waals surface area contributed by atoms with E-state index in [1.54, 1.807) is 14.1 Å². The van der Waals surface area contributed by atoms with E-state index in [2.05, 4.69) is 49.1 Å². The molecule has 0 aliphatic heterocycles. The molecule has 1 heterocycles. The van der Waals surface area contributed by atoms with Gasteiger partial charge in [-0.2, -0.15) is 15.0 Å². The van der Waals surface area contributed by atoms with Gasteiger partial charge in [-0.15, -0.1) is 0 Å². The quantitative estimate of drug-likeness (QED) is 0.708. The van der Waals surface area contributed by atoms with E-state index in [-0.39, 0.29) is 0 Å². The maximum absolute atomic E-state index is 4.24. The van der Waals surface area contributed by atoms with Crippen molar-refractivity contribution in [3.63, 3.8) is 0 Å². The van der Waals surface area contributed by atoms with E-state index in [9.17, 15) is 0 Å². The zero-order valence-corrected chi connectivity index (χ0v) is 10.7. The second kappa shape index (κ2) is 6.00. The summed E-state index contributed by atoms with van der Waals surface area (Å²) >= 11 is 0. The number of rotatable bonds is 6. The van der Waals surface area contributed by atoms with Gasteiger partial charge in [0.15, 0.2) is 0 Å². The summed E-state index contributed by atoms with van der Waals surface area (Å²) in [7, 11) is 3.57. The van der Waals surface area contributed by atoms with Gasteiger partial charge in [0.2, 0.25) is 17.8 Å². The Morgan fingerprint density at radius 3 is 2.28 bits per heavy atom. The Kier molecular flexibility index (Phi) is 4.11. The third kappa shape index (κ3) is 3.19. The van der Waals surface area contributed by atoms with Crippen molar-refractivity contribution in [2.45, 2.75) is 12.8 Å². The van der Waals surface area contributed by atoms with Gasteiger partial charge < -0.3 is 16.0 Å². The van der Waals surface area contributed by atoms with Gasteiger partial charge >= 0.3 is 0 Å². The van der Waals surface area contributed by atoms with Crippen molar-refractivity contribution < 1.29 is 0 Å². The molecular weight excluding hydrogens is 228 g/mol. The molecule has 96 valence electrons. The SMILES string of the molecule is CNc1nc(NC)nc(NCCC2=CCC=C2)n1. The zero-order chi connectivity index (χ0) is 12.8. The topological polar surface area (TPSA) is 74.8 Å². The fraction of sp³-hybridized carbons (Fsp3) is 0.417. The maximum Gasteiger partial charge on any atom is 0.229 e. The molecule has 6 heteroatoms. The molecule has 0 aromatic carbocycles. The Morgan fingerprint density at radius 2 is 1.72 bits per heavy atom. The van der Waals surface area contributed by atoms with Crippen LogP contribution in [0.15, 0.2) is 23.8 Å².